The molecule has 1 unspecified atom stereocenters. The van der Waals surface area contributed by atoms with E-state index in [1.165, 1.54) is 16.7 Å². The van der Waals surface area contributed by atoms with Gasteiger partial charge in [0.15, 0.2) is 11.5 Å². The van der Waals surface area contributed by atoms with Gasteiger partial charge in [0.05, 0.1) is 12.6 Å². The average Bonchev–Trinajstić information content (AvgIpc) is 3.00. The van der Waals surface area contributed by atoms with E-state index < -0.39 is 0 Å². The van der Waals surface area contributed by atoms with Crippen molar-refractivity contribution in [3.8, 4) is 17.2 Å². The summed E-state index contributed by atoms with van der Waals surface area (Å²) >= 11 is 0. The Morgan fingerprint density at radius 2 is 2.05 bits per heavy atom. The molecule has 114 valence electrons. The second-order valence-electron chi connectivity index (χ2n) is 5.55. The quantitative estimate of drug-likeness (QED) is 0.945. The van der Waals surface area contributed by atoms with E-state index >= 15 is 0 Å². The molecule has 2 aliphatic heterocycles. The topological polar surface area (TPSA) is 39.7 Å². The minimum Gasteiger partial charge on any atom is -0.494 e. The largest absolute Gasteiger partial charge is 0.494 e. The zero-order chi connectivity index (χ0) is 14.9. The van der Waals surface area contributed by atoms with Crippen molar-refractivity contribution in [2.75, 3.05) is 19.9 Å². The Bertz CT molecular complexity index is 699. The van der Waals surface area contributed by atoms with Crippen molar-refractivity contribution >= 4 is 0 Å². The number of rotatable bonds is 3. The molecule has 0 saturated carbocycles. The first-order valence-corrected chi connectivity index (χ1v) is 7.73. The number of hydrogen-bond donors (Lipinski definition) is 1. The summed E-state index contributed by atoms with van der Waals surface area (Å²) in [5.41, 5.74) is 3.81. The second kappa shape index (κ2) is 5.54. The molecule has 0 aromatic heterocycles. The Kier molecular flexibility index (Phi) is 3.39. The minimum atomic E-state index is 0.165. The van der Waals surface area contributed by atoms with Gasteiger partial charge in [0.2, 0.25) is 6.79 Å². The lowest BCUT2D eigenvalue weighted by Crippen LogP contribution is -2.30. The highest BCUT2D eigenvalue weighted by molar-refractivity contribution is 5.52. The summed E-state index contributed by atoms with van der Waals surface area (Å²) in [7, 11) is 0. The molecule has 4 rings (SSSR count). The van der Waals surface area contributed by atoms with Gasteiger partial charge in [-0.05, 0) is 54.3 Å². The monoisotopic (exact) mass is 297 g/mol. The maximum Gasteiger partial charge on any atom is 0.231 e. The molecular formula is C18H19NO3. The van der Waals surface area contributed by atoms with Crippen molar-refractivity contribution in [1.82, 2.24) is 5.32 Å². The lowest BCUT2D eigenvalue weighted by Gasteiger charge is -2.28. The van der Waals surface area contributed by atoms with Crippen LogP contribution in [0.15, 0.2) is 36.4 Å². The summed E-state index contributed by atoms with van der Waals surface area (Å²) in [4.78, 5) is 0. The summed E-state index contributed by atoms with van der Waals surface area (Å²) in [5.74, 6) is 2.62. The first-order chi connectivity index (χ1) is 10.8. The summed E-state index contributed by atoms with van der Waals surface area (Å²) in [6, 6.07) is 12.7. The molecule has 0 aliphatic carbocycles. The Morgan fingerprint density at radius 1 is 1.18 bits per heavy atom. The molecule has 2 aromatic rings. The van der Waals surface area contributed by atoms with Crippen LogP contribution in [0.3, 0.4) is 0 Å². The Morgan fingerprint density at radius 3 is 2.91 bits per heavy atom. The van der Waals surface area contributed by atoms with Gasteiger partial charge in [-0.3, -0.25) is 0 Å². The van der Waals surface area contributed by atoms with Gasteiger partial charge in [-0.2, -0.15) is 0 Å². The highest BCUT2D eigenvalue weighted by Crippen LogP contribution is 2.40. The van der Waals surface area contributed by atoms with Crippen LogP contribution in [-0.2, 0) is 6.42 Å². The lowest BCUT2D eigenvalue weighted by atomic mass is 9.89. The van der Waals surface area contributed by atoms with Crippen LogP contribution in [0.5, 0.6) is 17.2 Å². The molecule has 0 spiro atoms. The van der Waals surface area contributed by atoms with Crippen molar-refractivity contribution < 1.29 is 14.2 Å². The summed E-state index contributed by atoms with van der Waals surface area (Å²) in [5, 5.41) is 3.60. The first kappa shape index (κ1) is 13.5. The Hall–Kier alpha value is -2.20. The molecule has 0 amide bonds. The summed E-state index contributed by atoms with van der Waals surface area (Å²) in [6.45, 7) is 3.95. The third-order valence-corrected chi connectivity index (χ3v) is 4.19. The molecule has 4 nitrogen and oxygen atoms in total. The third kappa shape index (κ3) is 2.29. The van der Waals surface area contributed by atoms with E-state index in [0.717, 1.165) is 30.2 Å². The van der Waals surface area contributed by atoms with Crippen LogP contribution in [0.1, 0.15) is 29.7 Å². The van der Waals surface area contributed by atoms with E-state index in [1.54, 1.807) is 0 Å². The van der Waals surface area contributed by atoms with E-state index in [9.17, 15) is 0 Å². The highest BCUT2D eigenvalue weighted by Gasteiger charge is 2.26. The molecule has 1 N–H and O–H groups in total. The Labute approximate surface area is 130 Å². The first-order valence-electron chi connectivity index (χ1n) is 7.73. The summed E-state index contributed by atoms with van der Waals surface area (Å²) in [6.07, 6.45) is 1.01. The van der Waals surface area contributed by atoms with Gasteiger partial charge >= 0.3 is 0 Å². The second-order valence-corrected chi connectivity index (χ2v) is 5.55. The third-order valence-electron chi connectivity index (χ3n) is 4.19. The van der Waals surface area contributed by atoms with Crippen LogP contribution in [0.4, 0.5) is 0 Å². The van der Waals surface area contributed by atoms with Gasteiger partial charge in [-0.1, -0.05) is 12.1 Å². The van der Waals surface area contributed by atoms with Gasteiger partial charge in [-0.25, -0.2) is 0 Å². The van der Waals surface area contributed by atoms with Gasteiger partial charge in [0.25, 0.3) is 0 Å². The lowest BCUT2D eigenvalue weighted by molar-refractivity contribution is 0.174. The van der Waals surface area contributed by atoms with E-state index in [2.05, 4.69) is 29.6 Å². The maximum atomic E-state index is 5.63. The van der Waals surface area contributed by atoms with Crippen LogP contribution >= 0.6 is 0 Å². The SMILES string of the molecule is CCOc1cccc(C2NCCc3cc4c(cc32)OCO4)c1. The average molecular weight is 297 g/mol. The van der Waals surface area contributed by atoms with Crippen LogP contribution in [-0.4, -0.2) is 19.9 Å². The number of nitrogens with one attached hydrogen (secondary N) is 1. The van der Waals surface area contributed by atoms with Crippen molar-refractivity contribution in [3.63, 3.8) is 0 Å². The van der Waals surface area contributed by atoms with Gasteiger partial charge in [0.1, 0.15) is 5.75 Å². The van der Waals surface area contributed by atoms with Crippen molar-refractivity contribution in [2.24, 2.45) is 0 Å². The van der Waals surface area contributed by atoms with E-state index in [0.29, 0.717) is 13.4 Å². The number of hydrogen-bond acceptors (Lipinski definition) is 4. The predicted molar refractivity (Wildman–Crippen MR) is 83.7 cm³/mol. The Balaban J connectivity index is 1.74. The molecule has 1 atom stereocenters. The normalized spacial score (nSPS) is 18.9. The van der Waals surface area contributed by atoms with Gasteiger partial charge in [0, 0.05) is 6.54 Å². The van der Waals surface area contributed by atoms with Crippen LogP contribution in [0.25, 0.3) is 0 Å². The van der Waals surface area contributed by atoms with Crippen LogP contribution in [0, 0.1) is 0 Å². The number of benzene rings is 2. The standard InChI is InChI=1S/C18H19NO3/c1-2-20-14-5-3-4-13(8-14)18-15-10-17-16(21-11-22-17)9-12(15)6-7-19-18/h3-5,8-10,18-19H,2,6-7,11H2,1H3. The van der Waals surface area contributed by atoms with Crippen molar-refractivity contribution in [3.05, 3.63) is 53.1 Å². The molecule has 4 heteroatoms. The van der Waals surface area contributed by atoms with Gasteiger partial charge in [-0.15, -0.1) is 0 Å². The van der Waals surface area contributed by atoms with Gasteiger partial charge < -0.3 is 19.5 Å². The fourth-order valence-electron chi connectivity index (χ4n) is 3.19. The molecule has 2 aliphatic rings. The predicted octanol–water partition coefficient (Wildman–Crippen LogP) is 3.05. The van der Waals surface area contributed by atoms with Crippen molar-refractivity contribution in [1.29, 1.82) is 0 Å². The molecule has 0 radical (unpaired) electrons. The smallest absolute Gasteiger partial charge is 0.231 e. The number of ether oxygens (including phenoxy) is 3. The molecule has 22 heavy (non-hydrogen) atoms. The van der Waals surface area contributed by atoms with E-state index in [1.807, 2.05) is 19.1 Å². The number of fused-ring (bicyclic) bond motifs is 2. The zero-order valence-corrected chi connectivity index (χ0v) is 12.6. The molecule has 2 heterocycles. The summed E-state index contributed by atoms with van der Waals surface area (Å²) < 4.78 is 16.7. The fraction of sp³-hybridized carbons (Fsp3) is 0.333. The minimum absolute atomic E-state index is 0.165. The molecule has 0 bridgehead atoms. The molecular weight excluding hydrogens is 278 g/mol. The van der Waals surface area contributed by atoms with E-state index in [4.69, 9.17) is 14.2 Å². The fourth-order valence-corrected chi connectivity index (χ4v) is 3.19. The van der Waals surface area contributed by atoms with Crippen LogP contribution in [0.2, 0.25) is 0 Å². The molecule has 0 saturated heterocycles. The molecule has 2 aromatic carbocycles. The zero-order valence-electron chi connectivity index (χ0n) is 12.6. The van der Waals surface area contributed by atoms with Crippen molar-refractivity contribution in [2.45, 2.75) is 19.4 Å². The van der Waals surface area contributed by atoms with Crippen LogP contribution < -0.4 is 19.5 Å². The van der Waals surface area contributed by atoms with E-state index in [-0.39, 0.29) is 6.04 Å². The maximum absolute atomic E-state index is 5.63. The molecule has 0 fully saturated rings. The highest BCUT2D eigenvalue weighted by atomic mass is 16.7.